The number of anilines is 1. The third-order valence-electron chi connectivity index (χ3n) is 4.22. The Morgan fingerprint density at radius 2 is 2.23 bits per heavy atom. The summed E-state index contributed by atoms with van der Waals surface area (Å²) in [6.07, 6.45) is 1.64. The molecule has 2 aliphatic heterocycles. The van der Waals surface area contributed by atoms with Gasteiger partial charge < -0.3 is 9.80 Å². The van der Waals surface area contributed by atoms with Crippen molar-refractivity contribution >= 4 is 24.4 Å². The number of hydrogen-bond acceptors (Lipinski definition) is 6. The predicted molar refractivity (Wildman–Crippen MR) is 94.9 cm³/mol. The van der Waals surface area contributed by atoms with Gasteiger partial charge in [0, 0.05) is 31.7 Å². The van der Waals surface area contributed by atoms with Crippen LogP contribution in [-0.4, -0.2) is 53.6 Å². The second-order valence-corrected chi connectivity index (χ2v) is 6.25. The fourth-order valence-electron chi connectivity index (χ4n) is 2.91. The molecule has 138 valence electrons. The lowest BCUT2D eigenvalue weighted by molar-refractivity contribution is -0.0934. The summed E-state index contributed by atoms with van der Waals surface area (Å²) in [7, 11) is 0. The molecule has 3 rings (SSSR count). The second kappa shape index (κ2) is 7.27. The van der Waals surface area contributed by atoms with Gasteiger partial charge in [0.25, 0.3) is 0 Å². The van der Waals surface area contributed by atoms with Crippen LogP contribution in [0.1, 0.15) is 19.2 Å². The molecule has 0 saturated carbocycles. The average molecular weight is 364 g/mol. The van der Waals surface area contributed by atoms with Crippen LogP contribution < -0.4 is 4.90 Å². The molecular weight excluding hydrogens is 345 g/mol. The highest BCUT2D eigenvalue weighted by Gasteiger charge is 2.36. The Hall–Kier alpha value is -2.71. The maximum absolute atomic E-state index is 13.0. The van der Waals surface area contributed by atoms with Crippen LogP contribution in [0.2, 0.25) is 0 Å². The summed E-state index contributed by atoms with van der Waals surface area (Å²) in [6, 6.07) is 1.80. The van der Waals surface area contributed by atoms with Gasteiger partial charge >= 0.3 is 6.18 Å². The molecule has 9 heteroatoms. The SMILES string of the molecule is C=N/C=C(/c1nccc(N2CCC(C)C2)n1)N1C=C(C(F)(F)F)N=CC1. The van der Waals surface area contributed by atoms with Crippen LogP contribution in [0.3, 0.4) is 0 Å². The van der Waals surface area contributed by atoms with Gasteiger partial charge in [-0.2, -0.15) is 13.2 Å². The summed E-state index contributed by atoms with van der Waals surface area (Å²) in [6.45, 7) is 7.52. The highest BCUT2D eigenvalue weighted by Crippen LogP contribution is 2.30. The monoisotopic (exact) mass is 364 g/mol. The highest BCUT2D eigenvalue weighted by atomic mass is 19.4. The number of aliphatic imine (C=N–C) groups is 2. The minimum Gasteiger partial charge on any atom is -0.356 e. The molecule has 1 atom stereocenters. The van der Waals surface area contributed by atoms with E-state index in [2.05, 4.69) is 38.5 Å². The topological polar surface area (TPSA) is 57.0 Å². The van der Waals surface area contributed by atoms with Crippen molar-refractivity contribution in [2.45, 2.75) is 19.5 Å². The second-order valence-electron chi connectivity index (χ2n) is 6.25. The number of alkyl halides is 3. The first-order chi connectivity index (χ1) is 12.4. The van der Waals surface area contributed by atoms with Crippen LogP contribution in [0.4, 0.5) is 19.0 Å². The van der Waals surface area contributed by atoms with E-state index < -0.39 is 11.9 Å². The Morgan fingerprint density at radius 3 is 2.88 bits per heavy atom. The van der Waals surface area contributed by atoms with Gasteiger partial charge in [-0.25, -0.2) is 9.97 Å². The third-order valence-corrected chi connectivity index (χ3v) is 4.22. The van der Waals surface area contributed by atoms with Gasteiger partial charge in [-0.15, -0.1) is 0 Å². The fourth-order valence-corrected chi connectivity index (χ4v) is 2.91. The first-order valence-electron chi connectivity index (χ1n) is 8.21. The maximum Gasteiger partial charge on any atom is 0.434 e. The summed E-state index contributed by atoms with van der Waals surface area (Å²) >= 11 is 0. The molecule has 1 aromatic heterocycles. The summed E-state index contributed by atoms with van der Waals surface area (Å²) < 4.78 is 38.9. The van der Waals surface area contributed by atoms with Crippen LogP contribution >= 0.6 is 0 Å². The quantitative estimate of drug-likeness (QED) is 0.771. The zero-order chi connectivity index (χ0) is 18.7. The smallest absolute Gasteiger partial charge is 0.356 e. The van der Waals surface area contributed by atoms with Crippen molar-refractivity contribution in [1.29, 1.82) is 0 Å². The van der Waals surface area contributed by atoms with Crippen molar-refractivity contribution in [2.75, 3.05) is 24.5 Å². The van der Waals surface area contributed by atoms with Gasteiger partial charge in [-0.05, 0) is 25.1 Å². The lowest BCUT2D eigenvalue weighted by Gasteiger charge is -2.25. The lowest BCUT2D eigenvalue weighted by Crippen LogP contribution is -2.27. The number of allylic oxidation sites excluding steroid dienone is 1. The minimum absolute atomic E-state index is 0.162. The number of halogens is 3. The molecule has 2 aliphatic rings. The normalized spacial score (nSPS) is 21.2. The molecule has 1 saturated heterocycles. The molecule has 0 spiro atoms. The van der Waals surface area contributed by atoms with Crippen molar-refractivity contribution in [2.24, 2.45) is 15.9 Å². The first kappa shape index (κ1) is 18.1. The van der Waals surface area contributed by atoms with Crippen LogP contribution in [0, 0.1) is 5.92 Å². The van der Waals surface area contributed by atoms with Crippen molar-refractivity contribution in [3.05, 3.63) is 36.2 Å². The van der Waals surface area contributed by atoms with Crippen LogP contribution in [0.25, 0.3) is 5.70 Å². The van der Waals surface area contributed by atoms with E-state index in [1.165, 1.54) is 17.3 Å². The van der Waals surface area contributed by atoms with Crippen LogP contribution in [-0.2, 0) is 0 Å². The van der Waals surface area contributed by atoms with Gasteiger partial charge in [-0.1, -0.05) is 6.92 Å². The van der Waals surface area contributed by atoms with Crippen molar-refractivity contribution < 1.29 is 13.2 Å². The molecule has 26 heavy (non-hydrogen) atoms. The van der Waals surface area contributed by atoms with E-state index in [0.717, 1.165) is 31.5 Å². The molecule has 6 nitrogen and oxygen atoms in total. The van der Waals surface area contributed by atoms with Crippen molar-refractivity contribution in [1.82, 2.24) is 14.9 Å². The van der Waals surface area contributed by atoms with E-state index in [4.69, 9.17) is 0 Å². The van der Waals surface area contributed by atoms with Crippen molar-refractivity contribution in [3.63, 3.8) is 0 Å². The van der Waals surface area contributed by atoms with Gasteiger partial charge in [0.1, 0.15) is 11.5 Å². The summed E-state index contributed by atoms with van der Waals surface area (Å²) in [5, 5.41) is 0. The van der Waals surface area contributed by atoms with Crippen molar-refractivity contribution in [3.8, 4) is 0 Å². The van der Waals surface area contributed by atoms with E-state index in [1.807, 2.05) is 0 Å². The summed E-state index contributed by atoms with van der Waals surface area (Å²) in [4.78, 5) is 19.4. The lowest BCUT2D eigenvalue weighted by atomic mass is 10.2. The van der Waals surface area contributed by atoms with Crippen LogP contribution in [0.5, 0.6) is 0 Å². The van der Waals surface area contributed by atoms with E-state index in [0.29, 0.717) is 17.4 Å². The Bertz CT molecular complexity index is 768. The molecule has 0 amide bonds. The maximum atomic E-state index is 13.0. The number of aromatic nitrogens is 2. The fraction of sp³-hybridized carbons (Fsp3) is 0.412. The molecular formula is C17H19F3N6. The Kier molecular flexibility index (Phi) is 5.06. The highest BCUT2D eigenvalue weighted by molar-refractivity contribution is 5.70. The minimum atomic E-state index is -4.53. The van der Waals surface area contributed by atoms with E-state index in [9.17, 15) is 13.2 Å². The number of rotatable bonds is 4. The van der Waals surface area contributed by atoms with E-state index >= 15 is 0 Å². The molecule has 0 bridgehead atoms. The molecule has 0 radical (unpaired) electrons. The number of nitrogens with zero attached hydrogens (tertiary/aromatic N) is 6. The molecule has 0 aromatic carbocycles. The van der Waals surface area contributed by atoms with Gasteiger partial charge in [0.2, 0.25) is 0 Å². The zero-order valence-corrected chi connectivity index (χ0v) is 14.3. The van der Waals surface area contributed by atoms with E-state index in [1.54, 1.807) is 12.3 Å². The molecule has 0 aliphatic carbocycles. The summed E-state index contributed by atoms with van der Waals surface area (Å²) in [5.41, 5.74) is -0.648. The molecule has 1 unspecified atom stereocenters. The molecule has 0 N–H and O–H groups in total. The Balaban J connectivity index is 1.92. The van der Waals surface area contributed by atoms with Gasteiger partial charge in [0.15, 0.2) is 11.5 Å². The van der Waals surface area contributed by atoms with Crippen LogP contribution in [0.15, 0.2) is 40.3 Å². The first-order valence-corrected chi connectivity index (χ1v) is 8.21. The Morgan fingerprint density at radius 1 is 1.42 bits per heavy atom. The predicted octanol–water partition coefficient (Wildman–Crippen LogP) is 3.11. The molecule has 1 aromatic rings. The van der Waals surface area contributed by atoms with Gasteiger partial charge in [-0.3, -0.25) is 9.98 Å². The third kappa shape index (κ3) is 3.92. The zero-order valence-electron chi connectivity index (χ0n) is 14.3. The number of hydrogen-bond donors (Lipinski definition) is 0. The standard InChI is InChI=1S/C17H19F3N6/c1-12-4-7-26(10-12)15-3-5-23-16(24-15)13(9-21-2)25-8-6-22-14(11-25)17(18,19)20/h3,5-6,9,11-12H,2,4,7-8,10H2,1H3/b13-9-. The molecule has 3 heterocycles. The van der Waals surface area contributed by atoms with Gasteiger partial charge in [0.05, 0.1) is 12.7 Å². The summed E-state index contributed by atoms with van der Waals surface area (Å²) in [5.74, 6) is 1.62. The largest absolute Gasteiger partial charge is 0.434 e. The average Bonchev–Trinajstić information content (AvgIpc) is 3.06. The Labute approximate surface area is 149 Å². The molecule has 1 fully saturated rings. The van der Waals surface area contributed by atoms with E-state index in [-0.39, 0.29) is 6.54 Å².